The highest BCUT2D eigenvalue weighted by Gasteiger charge is 2.24. The van der Waals surface area contributed by atoms with Gasteiger partial charge in [-0.25, -0.2) is 9.41 Å². The summed E-state index contributed by atoms with van der Waals surface area (Å²) in [5.41, 5.74) is 7.16. The van der Waals surface area contributed by atoms with Crippen LogP contribution in [0.25, 0.3) is 49.2 Å². The summed E-state index contributed by atoms with van der Waals surface area (Å²) in [6.07, 6.45) is 0.0552. The third-order valence-electron chi connectivity index (χ3n) is 6.82. The van der Waals surface area contributed by atoms with Gasteiger partial charge in [0.1, 0.15) is 18.2 Å². The molecule has 2 heterocycles. The summed E-state index contributed by atoms with van der Waals surface area (Å²) in [7, 11) is 1.89. The van der Waals surface area contributed by atoms with Crippen LogP contribution < -0.4 is 4.57 Å². The van der Waals surface area contributed by atoms with Gasteiger partial charge in [-0.1, -0.05) is 83.1 Å². The zero-order valence-corrected chi connectivity index (χ0v) is 22.7. The van der Waals surface area contributed by atoms with Crippen LogP contribution in [0.3, 0.4) is 0 Å². The van der Waals surface area contributed by atoms with Crippen LogP contribution in [0.1, 0.15) is 61.3 Å². The van der Waals surface area contributed by atoms with Gasteiger partial charge in [-0.3, -0.25) is 0 Å². The molecule has 0 spiro atoms. The fraction of sp³-hybridized carbons (Fsp3) is 0.294. The number of furan rings is 1. The maximum Gasteiger partial charge on any atom is 0.216 e. The molecule has 37 heavy (non-hydrogen) atoms. The Kier molecular flexibility index (Phi) is 5.27. The molecule has 0 fully saturated rings. The van der Waals surface area contributed by atoms with Gasteiger partial charge in [0, 0.05) is 30.7 Å². The minimum Gasteiger partial charge on any atom is -0.456 e. The van der Waals surface area contributed by atoms with Crippen molar-refractivity contribution in [1.82, 2.24) is 0 Å². The van der Waals surface area contributed by atoms with Crippen LogP contribution in [0.4, 0.5) is 5.69 Å². The van der Waals surface area contributed by atoms with E-state index in [4.69, 9.17) is 15.1 Å². The van der Waals surface area contributed by atoms with Crippen LogP contribution in [0.5, 0.6) is 0 Å². The van der Waals surface area contributed by atoms with Crippen molar-refractivity contribution in [3.05, 3.63) is 94.9 Å². The van der Waals surface area contributed by atoms with Crippen molar-refractivity contribution in [2.24, 2.45) is 12.5 Å². The second-order valence-electron chi connectivity index (χ2n) is 11.2. The number of fused-ring (bicyclic) bond motifs is 3. The van der Waals surface area contributed by atoms with E-state index in [9.17, 15) is 0 Å². The highest BCUT2D eigenvalue weighted by atomic mass is 16.3. The van der Waals surface area contributed by atoms with E-state index >= 15 is 0 Å². The summed E-state index contributed by atoms with van der Waals surface area (Å²) >= 11 is 0. The molecule has 0 atom stereocenters. The molecule has 0 aliphatic carbocycles. The van der Waals surface area contributed by atoms with Crippen molar-refractivity contribution < 1.29 is 13.1 Å². The molecule has 3 nitrogen and oxygen atoms in total. The van der Waals surface area contributed by atoms with Crippen molar-refractivity contribution in [2.45, 2.75) is 53.8 Å². The highest BCUT2D eigenvalue weighted by molar-refractivity contribution is 6.15. The third-order valence-corrected chi connectivity index (χ3v) is 6.82. The van der Waals surface area contributed by atoms with Crippen molar-refractivity contribution in [3.63, 3.8) is 0 Å². The lowest BCUT2D eigenvalue weighted by Gasteiger charge is -2.17. The van der Waals surface area contributed by atoms with Gasteiger partial charge in [0.15, 0.2) is 11.9 Å². The smallest absolute Gasteiger partial charge is 0.216 e. The molecule has 0 aliphatic rings. The summed E-state index contributed by atoms with van der Waals surface area (Å²) in [6, 6.07) is 18.2. The fourth-order valence-electron chi connectivity index (χ4n) is 4.99. The van der Waals surface area contributed by atoms with Gasteiger partial charge >= 0.3 is 0 Å². The molecule has 2 aromatic heterocycles. The number of hydrogen-bond acceptors (Lipinski definition) is 1. The maximum atomic E-state index is 8.81. The number of nitrogens with zero attached hydrogens (tertiary/aromatic N) is 2. The number of aromatic nitrogens is 1. The Hall–Kier alpha value is -3.90. The van der Waals surface area contributed by atoms with E-state index in [1.807, 2.05) is 51.4 Å². The molecule has 0 saturated heterocycles. The molecule has 186 valence electrons. The minimum atomic E-state index is -1.68. The molecule has 0 aliphatic heterocycles. The van der Waals surface area contributed by atoms with Crippen molar-refractivity contribution in [2.75, 3.05) is 0 Å². The van der Waals surface area contributed by atoms with Crippen LogP contribution in [0.15, 0.2) is 71.3 Å². The summed E-state index contributed by atoms with van der Waals surface area (Å²) in [6.45, 7) is 19.8. The topological polar surface area (TPSA) is 21.4 Å². The monoisotopic (exact) mass is 490 g/mol. The molecule has 0 saturated carbocycles. The average molecular weight is 491 g/mol. The second kappa shape index (κ2) is 9.20. The SMILES string of the molecule is [2H]c1cc(-c2c(C)ccc3c2oc2c(-c4ccc(C(C)C)cc4)c([N+]#[C-])ccc23)[n+](C)cc1C([2H])([2H])C(C)(C)C. The standard InChI is InChI=1S/C34H35N2O/c1-21(2)24-11-13-25(14-12-24)31-28(35-7)17-16-27-26-15-9-22(3)30(32(26)37-33(27)31)29-18-10-23(20-36(29)8)19-34(4,5)6/h9-18,20-21H,19H2,1-6,8H3/q+1/i10D,19D2. The Labute approximate surface area is 224 Å². The van der Waals surface area contributed by atoms with E-state index in [1.165, 1.54) is 5.56 Å². The molecule has 0 unspecified atom stereocenters. The van der Waals surface area contributed by atoms with Gasteiger partial charge in [-0.2, -0.15) is 0 Å². The molecule has 0 bridgehead atoms. The Morgan fingerprint density at radius 1 is 0.973 bits per heavy atom. The summed E-state index contributed by atoms with van der Waals surface area (Å²) in [5, 5.41) is 1.87. The summed E-state index contributed by atoms with van der Waals surface area (Å²) < 4.78 is 34.9. The van der Waals surface area contributed by atoms with Crippen molar-refractivity contribution in [3.8, 4) is 22.4 Å². The predicted molar refractivity (Wildman–Crippen MR) is 154 cm³/mol. The van der Waals surface area contributed by atoms with Gasteiger partial charge in [0.05, 0.1) is 13.5 Å². The Morgan fingerprint density at radius 3 is 2.24 bits per heavy atom. The zero-order chi connectivity index (χ0) is 29.1. The van der Waals surface area contributed by atoms with Crippen LogP contribution in [-0.2, 0) is 13.4 Å². The van der Waals surface area contributed by atoms with Gasteiger partial charge in [-0.15, -0.1) is 0 Å². The second-order valence-corrected chi connectivity index (χ2v) is 11.2. The Morgan fingerprint density at radius 2 is 1.62 bits per heavy atom. The molecular formula is C34H35N2O+. The number of aryl methyl sites for hydroxylation is 2. The largest absolute Gasteiger partial charge is 0.456 e. The first-order valence-electron chi connectivity index (χ1n) is 14.2. The van der Waals surface area contributed by atoms with E-state index < -0.39 is 11.8 Å². The van der Waals surface area contributed by atoms with E-state index in [0.29, 0.717) is 28.3 Å². The summed E-state index contributed by atoms with van der Waals surface area (Å²) in [4.78, 5) is 3.83. The van der Waals surface area contributed by atoms with E-state index in [2.05, 4.69) is 55.1 Å². The third kappa shape index (κ3) is 4.53. The van der Waals surface area contributed by atoms with Gasteiger partial charge < -0.3 is 4.42 Å². The molecule has 3 aromatic carbocycles. The molecule has 5 rings (SSSR count). The predicted octanol–water partition coefficient (Wildman–Crippen LogP) is 9.32. The molecular weight excluding hydrogens is 452 g/mol. The van der Waals surface area contributed by atoms with Gasteiger partial charge in [0.25, 0.3) is 0 Å². The lowest BCUT2D eigenvalue weighted by atomic mass is 9.88. The number of hydrogen-bond donors (Lipinski definition) is 0. The Balaban J connectivity index is 1.79. The van der Waals surface area contributed by atoms with Crippen LogP contribution >= 0.6 is 0 Å². The molecule has 0 N–H and O–H groups in total. The summed E-state index contributed by atoms with van der Waals surface area (Å²) in [5.74, 6) is 0.412. The quantitative estimate of drug-likeness (QED) is 0.182. The maximum absolute atomic E-state index is 8.81. The first kappa shape index (κ1) is 21.2. The zero-order valence-electron chi connectivity index (χ0n) is 25.7. The van der Waals surface area contributed by atoms with Gasteiger partial charge in [-0.05, 0) is 47.4 Å². The highest BCUT2D eigenvalue weighted by Crippen LogP contribution is 2.44. The molecule has 0 amide bonds. The van der Waals surface area contributed by atoms with E-state index in [1.54, 1.807) is 12.3 Å². The number of rotatable bonds is 4. The first-order valence-corrected chi connectivity index (χ1v) is 12.7. The van der Waals surface area contributed by atoms with Crippen LogP contribution in [-0.4, -0.2) is 0 Å². The van der Waals surface area contributed by atoms with E-state index in [0.717, 1.165) is 38.7 Å². The normalized spacial score (nSPS) is 13.5. The minimum absolute atomic E-state index is 0.154. The first-order chi connectivity index (χ1) is 18.8. The fourth-order valence-corrected chi connectivity index (χ4v) is 4.99. The van der Waals surface area contributed by atoms with Crippen molar-refractivity contribution >= 4 is 27.6 Å². The molecule has 0 radical (unpaired) electrons. The average Bonchev–Trinajstić information content (AvgIpc) is 3.27. The Bertz CT molecular complexity index is 1820. The van der Waals surface area contributed by atoms with E-state index in [-0.39, 0.29) is 6.04 Å². The van der Waals surface area contributed by atoms with Crippen molar-refractivity contribution in [1.29, 1.82) is 0 Å². The lowest BCUT2D eigenvalue weighted by Crippen LogP contribution is -2.32. The molecule has 3 heteroatoms. The van der Waals surface area contributed by atoms with Crippen LogP contribution in [0, 0.1) is 18.9 Å². The van der Waals surface area contributed by atoms with Crippen LogP contribution in [0.2, 0.25) is 0 Å². The lowest BCUT2D eigenvalue weighted by molar-refractivity contribution is -0.660. The molecule has 5 aromatic rings. The number of benzene rings is 3. The number of pyridine rings is 1. The van der Waals surface area contributed by atoms with Gasteiger partial charge in [0.2, 0.25) is 5.69 Å².